The fraction of sp³-hybridized carbons (Fsp3) is 0.538. The van der Waals surface area contributed by atoms with E-state index in [1.165, 1.54) is 31.4 Å². The van der Waals surface area contributed by atoms with Gasteiger partial charge in [0.05, 0.1) is 0 Å². The zero-order valence-corrected chi connectivity index (χ0v) is 9.50. The summed E-state index contributed by atoms with van der Waals surface area (Å²) in [4.78, 5) is 0. The van der Waals surface area contributed by atoms with E-state index in [1.807, 2.05) is 12.1 Å². The lowest BCUT2D eigenvalue weighted by molar-refractivity contribution is 0.440. The highest BCUT2D eigenvalue weighted by molar-refractivity contribution is 6.30. The lowest BCUT2D eigenvalue weighted by Gasteiger charge is -2.23. The van der Waals surface area contributed by atoms with Crippen molar-refractivity contribution in [3.05, 3.63) is 29.3 Å². The second-order valence-corrected chi connectivity index (χ2v) is 5.37. The first kappa shape index (κ1) is 9.53. The molecule has 2 aliphatic carbocycles. The van der Waals surface area contributed by atoms with Crippen LogP contribution in [-0.4, -0.2) is 6.04 Å². The zero-order valence-electron chi connectivity index (χ0n) is 8.75. The van der Waals surface area contributed by atoms with Gasteiger partial charge in [-0.05, 0) is 55.4 Å². The number of nitrogens with one attached hydrogen (secondary N) is 1. The predicted octanol–water partition coefficient (Wildman–Crippen LogP) is 3.94. The topological polar surface area (TPSA) is 12.0 Å². The van der Waals surface area contributed by atoms with Crippen LogP contribution in [0.15, 0.2) is 24.3 Å². The maximum absolute atomic E-state index is 5.86. The van der Waals surface area contributed by atoms with Gasteiger partial charge in [-0.15, -0.1) is 0 Å². The van der Waals surface area contributed by atoms with E-state index in [2.05, 4.69) is 17.4 Å². The Labute approximate surface area is 95.8 Å². The van der Waals surface area contributed by atoms with E-state index in [9.17, 15) is 0 Å². The van der Waals surface area contributed by atoms with Crippen LogP contribution in [-0.2, 0) is 0 Å². The van der Waals surface area contributed by atoms with Gasteiger partial charge < -0.3 is 5.32 Å². The number of hydrogen-bond donors (Lipinski definition) is 1. The average molecular weight is 222 g/mol. The van der Waals surface area contributed by atoms with Gasteiger partial charge in [-0.25, -0.2) is 0 Å². The Morgan fingerprint density at radius 3 is 2.47 bits per heavy atom. The standard InChI is InChI=1S/C13H16ClN/c14-11-3-5-12(6-4-11)15-13-8-9-1-2-10(13)7-9/h3-6,9-10,13,15H,1-2,7-8H2/t9-,10+,13+/m1/s1. The Morgan fingerprint density at radius 1 is 1.07 bits per heavy atom. The fourth-order valence-corrected chi connectivity index (χ4v) is 3.31. The van der Waals surface area contributed by atoms with E-state index in [0.717, 1.165) is 16.9 Å². The van der Waals surface area contributed by atoms with Gasteiger partial charge in [0.1, 0.15) is 0 Å². The second kappa shape index (κ2) is 3.71. The van der Waals surface area contributed by atoms with Gasteiger partial charge in [-0.1, -0.05) is 18.0 Å². The number of halogens is 1. The molecule has 3 rings (SSSR count). The SMILES string of the molecule is Clc1ccc(N[C@H]2C[C@@H]3CC[C@H]2C3)cc1. The van der Waals surface area contributed by atoms with Gasteiger partial charge in [-0.2, -0.15) is 0 Å². The molecule has 0 radical (unpaired) electrons. The van der Waals surface area contributed by atoms with E-state index >= 15 is 0 Å². The lowest BCUT2D eigenvalue weighted by atomic mass is 9.95. The first-order valence-corrected chi connectivity index (χ1v) is 6.21. The zero-order chi connectivity index (χ0) is 10.3. The molecule has 1 nitrogen and oxygen atoms in total. The van der Waals surface area contributed by atoms with Gasteiger partial charge in [0.2, 0.25) is 0 Å². The Hall–Kier alpha value is -0.690. The van der Waals surface area contributed by atoms with Crippen LogP contribution < -0.4 is 5.32 Å². The molecule has 2 fully saturated rings. The van der Waals surface area contributed by atoms with Gasteiger partial charge in [-0.3, -0.25) is 0 Å². The molecule has 15 heavy (non-hydrogen) atoms. The van der Waals surface area contributed by atoms with Crippen molar-refractivity contribution in [1.29, 1.82) is 0 Å². The molecule has 0 heterocycles. The molecule has 0 aromatic heterocycles. The van der Waals surface area contributed by atoms with Crippen LogP contribution in [0.1, 0.15) is 25.7 Å². The van der Waals surface area contributed by atoms with Crippen LogP contribution in [0.25, 0.3) is 0 Å². The normalized spacial score (nSPS) is 33.3. The fourth-order valence-electron chi connectivity index (χ4n) is 3.18. The summed E-state index contributed by atoms with van der Waals surface area (Å²) in [6.07, 6.45) is 5.71. The summed E-state index contributed by atoms with van der Waals surface area (Å²) in [5.74, 6) is 1.92. The smallest absolute Gasteiger partial charge is 0.0407 e. The molecule has 1 aromatic rings. The Bertz CT molecular complexity index is 346. The number of fused-ring (bicyclic) bond motifs is 2. The van der Waals surface area contributed by atoms with Crippen molar-refractivity contribution < 1.29 is 0 Å². The largest absolute Gasteiger partial charge is 0.382 e. The molecule has 2 heteroatoms. The maximum Gasteiger partial charge on any atom is 0.0407 e. The molecule has 0 saturated heterocycles. The highest BCUT2D eigenvalue weighted by Gasteiger charge is 2.39. The number of hydrogen-bond acceptors (Lipinski definition) is 1. The molecule has 0 spiro atoms. The van der Waals surface area contributed by atoms with Crippen LogP contribution in [0.2, 0.25) is 5.02 Å². The quantitative estimate of drug-likeness (QED) is 0.798. The summed E-state index contributed by atoms with van der Waals surface area (Å²) in [5.41, 5.74) is 1.22. The number of benzene rings is 1. The van der Waals surface area contributed by atoms with Crippen molar-refractivity contribution in [1.82, 2.24) is 0 Å². The molecule has 0 aliphatic heterocycles. The number of anilines is 1. The molecule has 1 N–H and O–H groups in total. The first-order chi connectivity index (χ1) is 7.31. The second-order valence-electron chi connectivity index (χ2n) is 4.93. The predicted molar refractivity (Wildman–Crippen MR) is 64.3 cm³/mol. The van der Waals surface area contributed by atoms with E-state index < -0.39 is 0 Å². The van der Waals surface area contributed by atoms with E-state index in [4.69, 9.17) is 11.6 Å². The van der Waals surface area contributed by atoms with Crippen molar-refractivity contribution in [3.63, 3.8) is 0 Å². The van der Waals surface area contributed by atoms with Crippen LogP contribution >= 0.6 is 11.6 Å². The molecule has 3 atom stereocenters. The minimum absolute atomic E-state index is 0.713. The summed E-state index contributed by atoms with van der Waals surface area (Å²) in [5, 5.41) is 4.45. The maximum atomic E-state index is 5.86. The van der Waals surface area contributed by atoms with E-state index in [1.54, 1.807) is 0 Å². The van der Waals surface area contributed by atoms with Gasteiger partial charge in [0.15, 0.2) is 0 Å². The molecule has 0 unspecified atom stereocenters. The third-order valence-corrected chi connectivity index (χ3v) is 4.19. The molecule has 0 amide bonds. The van der Waals surface area contributed by atoms with Crippen molar-refractivity contribution in [2.45, 2.75) is 31.7 Å². The minimum Gasteiger partial charge on any atom is -0.382 e. The number of rotatable bonds is 2. The lowest BCUT2D eigenvalue weighted by Crippen LogP contribution is -2.25. The highest BCUT2D eigenvalue weighted by Crippen LogP contribution is 2.45. The van der Waals surface area contributed by atoms with Crippen molar-refractivity contribution in [3.8, 4) is 0 Å². The molecule has 1 aromatic carbocycles. The summed E-state index contributed by atoms with van der Waals surface area (Å²) >= 11 is 5.86. The summed E-state index contributed by atoms with van der Waals surface area (Å²) in [6.45, 7) is 0. The first-order valence-electron chi connectivity index (χ1n) is 5.83. The molecular formula is C13H16ClN. The van der Waals surface area contributed by atoms with Crippen LogP contribution in [0.3, 0.4) is 0 Å². The van der Waals surface area contributed by atoms with Gasteiger partial charge in [0.25, 0.3) is 0 Å². The Morgan fingerprint density at radius 2 is 1.87 bits per heavy atom. The van der Waals surface area contributed by atoms with Gasteiger partial charge >= 0.3 is 0 Å². The Balaban J connectivity index is 1.68. The highest BCUT2D eigenvalue weighted by atomic mass is 35.5. The summed E-state index contributed by atoms with van der Waals surface area (Å²) in [6, 6.07) is 8.78. The monoisotopic (exact) mass is 221 g/mol. The summed E-state index contributed by atoms with van der Waals surface area (Å²) in [7, 11) is 0. The molecule has 2 bridgehead atoms. The minimum atomic E-state index is 0.713. The Kier molecular flexibility index (Phi) is 2.36. The van der Waals surface area contributed by atoms with E-state index in [0.29, 0.717) is 6.04 Å². The van der Waals surface area contributed by atoms with Gasteiger partial charge in [0, 0.05) is 16.8 Å². The van der Waals surface area contributed by atoms with E-state index in [-0.39, 0.29) is 0 Å². The van der Waals surface area contributed by atoms with Crippen molar-refractivity contribution in [2.75, 3.05) is 5.32 Å². The van der Waals surface area contributed by atoms with Crippen molar-refractivity contribution in [2.24, 2.45) is 11.8 Å². The van der Waals surface area contributed by atoms with Crippen LogP contribution in [0.5, 0.6) is 0 Å². The van der Waals surface area contributed by atoms with Crippen LogP contribution in [0.4, 0.5) is 5.69 Å². The van der Waals surface area contributed by atoms with Crippen molar-refractivity contribution >= 4 is 17.3 Å². The third-order valence-electron chi connectivity index (χ3n) is 3.93. The molecule has 2 saturated carbocycles. The molecule has 2 aliphatic rings. The molecule has 80 valence electrons. The molecular weight excluding hydrogens is 206 g/mol. The average Bonchev–Trinajstić information content (AvgIpc) is 2.83. The van der Waals surface area contributed by atoms with Crippen LogP contribution in [0, 0.1) is 11.8 Å². The summed E-state index contributed by atoms with van der Waals surface area (Å²) < 4.78 is 0. The third kappa shape index (κ3) is 1.85.